The first-order valence-corrected chi connectivity index (χ1v) is 8.76. The van der Waals surface area contributed by atoms with Crippen LogP contribution in [0.5, 0.6) is 5.75 Å². The van der Waals surface area contributed by atoms with Gasteiger partial charge in [0.25, 0.3) is 5.69 Å². The van der Waals surface area contributed by atoms with Crippen molar-refractivity contribution in [3.8, 4) is 17.1 Å². The molecular formula is C19H17FN4O5. The maximum Gasteiger partial charge on any atom is 0.271 e. The minimum absolute atomic E-state index is 0.0625. The molecule has 0 radical (unpaired) electrons. The molecule has 0 saturated heterocycles. The Balaban J connectivity index is 1.59. The first kappa shape index (κ1) is 19.9. The number of ether oxygens (including phenoxy) is 1. The number of nitrogens with zero attached hydrogens (tertiary/aromatic N) is 3. The van der Waals surface area contributed by atoms with Gasteiger partial charge in [-0.2, -0.15) is 4.98 Å². The van der Waals surface area contributed by atoms with Crippen molar-refractivity contribution in [2.24, 2.45) is 0 Å². The van der Waals surface area contributed by atoms with Crippen LogP contribution in [0.2, 0.25) is 0 Å². The van der Waals surface area contributed by atoms with Crippen LogP contribution in [-0.4, -0.2) is 27.6 Å². The van der Waals surface area contributed by atoms with Crippen molar-refractivity contribution in [2.75, 3.05) is 11.9 Å². The average Bonchev–Trinajstić information content (AvgIpc) is 3.18. The van der Waals surface area contributed by atoms with E-state index in [1.165, 1.54) is 0 Å². The molecule has 1 amide bonds. The smallest absolute Gasteiger partial charge is 0.271 e. The van der Waals surface area contributed by atoms with Gasteiger partial charge >= 0.3 is 0 Å². The molecule has 0 saturated carbocycles. The van der Waals surface area contributed by atoms with Crippen LogP contribution in [0, 0.1) is 15.9 Å². The Morgan fingerprint density at radius 3 is 2.72 bits per heavy atom. The van der Waals surface area contributed by atoms with Crippen LogP contribution in [0.25, 0.3) is 11.4 Å². The molecule has 0 fully saturated rings. The highest BCUT2D eigenvalue weighted by Gasteiger charge is 2.15. The first-order valence-electron chi connectivity index (χ1n) is 8.76. The number of nitrogens with one attached hydrogen (secondary N) is 1. The van der Waals surface area contributed by atoms with E-state index in [2.05, 4.69) is 15.5 Å². The van der Waals surface area contributed by atoms with E-state index < -0.39 is 16.6 Å². The van der Waals surface area contributed by atoms with Crippen LogP contribution in [-0.2, 0) is 11.2 Å². The number of anilines is 1. The summed E-state index contributed by atoms with van der Waals surface area (Å²) in [5.74, 6) is 0.0338. The molecule has 2 aromatic carbocycles. The molecule has 0 aliphatic rings. The average molecular weight is 400 g/mol. The van der Waals surface area contributed by atoms with Crippen molar-refractivity contribution in [3.05, 3.63) is 64.3 Å². The lowest BCUT2D eigenvalue weighted by atomic mass is 10.2. The molecule has 9 nitrogen and oxygen atoms in total. The maximum atomic E-state index is 13.7. The van der Waals surface area contributed by atoms with E-state index in [1.807, 2.05) is 6.92 Å². The standard InChI is InChI=1S/C19H17FN4O5/c1-2-28-14-6-3-12(4-7-14)19-22-18(29-23-19)10-9-17(25)21-16-11-13(24(26)27)5-8-15(16)20/h3-8,11H,2,9-10H2,1H3,(H,21,25). The quantitative estimate of drug-likeness (QED) is 0.451. The van der Waals surface area contributed by atoms with E-state index in [4.69, 9.17) is 9.26 Å². The Kier molecular flexibility index (Phi) is 6.12. The number of aryl methyl sites for hydroxylation is 1. The van der Waals surface area contributed by atoms with E-state index in [0.717, 1.165) is 29.5 Å². The summed E-state index contributed by atoms with van der Waals surface area (Å²) >= 11 is 0. The maximum absolute atomic E-state index is 13.7. The summed E-state index contributed by atoms with van der Waals surface area (Å²) in [7, 11) is 0. The van der Waals surface area contributed by atoms with Gasteiger partial charge in [0.05, 0.1) is 17.2 Å². The van der Waals surface area contributed by atoms with Crippen LogP contribution < -0.4 is 10.1 Å². The summed E-state index contributed by atoms with van der Waals surface area (Å²) in [6.45, 7) is 2.46. The largest absolute Gasteiger partial charge is 0.494 e. The van der Waals surface area contributed by atoms with Crippen LogP contribution in [0.1, 0.15) is 19.2 Å². The fraction of sp³-hybridized carbons (Fsp3) is 0.211. The number of halogens is 1. The number of carbonyl (C=O) groups excluding carboxylic acids is 1. The summed E-state index contributed by atoms with van der Waals surface area (Å²) in [6, 6.07) is 10.1. The Morgan fingerprint density at radius 1 is 1.28 bits per heavy atom. The van der Waals surface area contributed by atoms with Crippen LogP contribution >= 0.6 is 0 Å². The van der Waals surface area contributed by atoms with Gasteiger partial charge in [0.15, 0.2) is 0 Å². The Bertz CT molecular complexity index is 1020. The van der Waals surface area contributed by atoms with Crippen molar-refractivity contribution in [2.45, 2.75) is 19.8 Å². The minimum Gasteiger partial charge on any atom is -0.494 e. The van der Waals surface area contributed by atoms with Crippen molar-refractivity contribution >= 4 is 17.3 Å². The topological polar surface area (TPSA) is 120 Å². The molecule has 1 N–H and O–H groups in total. The molecule has 0 bridgehead atoms. The van der Waals surface area contributed by atoms with Crippen LogP contribution in [0.15, 0.2) is 47.0 Å². The number of hydrogen-bond acceptors (Lipinski definition) is 7. The van der Waals surface area contributed by atoms with Gasteiger partial charge in [-0.15, -0.1) is 0 Å². The molecule has 1 heterocycles. The van der Waals surface area contributed by atoms with Gasteiger partial charge in [0.2, 0.25) is 17.6 Å². The van der Waals surface area contributed by atoms with Crippen molar-refractivity contribution in [1.82, 2.24) is 10.1 Å². The molecule has 0 aliphatic heterocycles. The van der Waals surface area contributed by atoms with Gasteiger partial charge in [-0.3, -0.25) is 14.9 Å². The lowest BCUT2D eigenvalue weighted by Crippen LogP contribution is -2.13. The number of hydrogen-bond donors (Lipinski definition) is 1. The van der Waals surface area contributed by atoms with Crippen molar-refractivity contribution in [1.29, 1.82) is 0 Å². The predicted octanol–water partition coefficient (Wildman–Crippen LogP) is 3.75. The number of aromatic nitrogens is 2. The monoisotopic (exact) mass is 400 g/mol. The molecule has 1 aromatic heterocycles. The number of benzene rings is 2. The SMILES string of the molecule is CCOc1ccc(-c2noc(CCC(=O)Nc3cc([N+](=O)[O-])ccc3F)n2)cc1. The summed E-state index contributed by atoms with van der Waals surface area (Å²) < 4.78 is 24.2. The zero-order valence-electron chi connectivity index (χ0n) is 15.4. The van der Waals surface area contributed by atoms with Gasteiger partial charge in [0.1, 0.15) is 11.6 Å². The third kappa shape index (κ3) is 5.12. The second kappa shape index (κ2) is 8.91. The fourth-order valence-corrected chi connectivity index (χ4v) is 2.50. The summed E-state index contributed by atoms with van der Waals surface area (Å²) in [6.07, 6.45) is 0.0689. The zero-order valence-corrected chi connectivity index (χ0v) is 15.4. The molecule has 0 atom stereocenters. The van der Waals surface area contributed by atoms with Gasteiger partial charge in [-0.25, -0.2) is 4.39 Å². The molecule has 10 heteroatoms. The normalized spacial score (nSPS) is 10.6. The van der Waals surface area contributed by atoms with Crippen molar-refractivity contribution in [3.63, 3.8) is 0 Å². The number of nitro groups is 1. The molecule has 29 heavy (non-hydrogen) atoms. The van der Waals surface area contributed by atoms with E-state index in [1.54, 1.807) is 24.3 Å². The van der Waals surface area contributed by atoms with Gasteiger partial charge in [-0.05, 0) is 37.3 Å². The van der Waals surface area contributed by atoms with E-state index in [9.17, 15) is 19.3 Å². The number of amides is 1. The highest BCUT2D eigenvalue weighted by atomic mass is 19.1. The second-order valence-corrected chi connectivity index (χ2v) is 5.94. The van der Waals surface area contributed by atoms with Crippen LogP contribution in [0.3, 0.4) is 0 Å². The van der Waals surface area contributed by atoms with E-state index in [-0.39, 0.29) is 30.1 Å². The number of rotatable bonds is 8. The lowest BCUT2D eigenvalue weighted by molar-refractivity contribution is -0.384. The lowest BCUT2D eigenvalue weighted by Gasteiger charge is -2.05. The molecular weight excluding hydrogens is 383 g/mol. The first-order chi connectivity index (χ1) is 14.0. The predicted molar refractivity (Wildman–Crippen MR) is 101 cm³/mol. The third-order valence-electron chi connectivity index (χ3n) is 3.89. The van der Waals surface area contributed by atoms with Crippen molar-refractivity contribution < 1.29 is 23.4 Å². The molecule has 3 rings (SSSR count). The summed E-state index contributed by atoms with van der Waals surface area (Å²) in [5.41, 5.74) is 0.148. The molecule has 0 aliphatic carbocycles. The summed E-state index contributed by atoms with van der Waals surface area (Å²) in [5, 5.41) is 17.0. The molecule has 0 unspecified atom stereocenters. The highest BCUT2D eigenvalue weighted by Crippen LogP contribution is 2.22. The number of carbonyl (C=O) groups is 1. The molecule has 0 spiro atoms. The highest BCUT2D eigenvalue weighted by molar-refractivity contribution is 5.91. The number of nitro benzene ring substituents is 1. The summed E-state index contributed by atoms with van der Waals surface area (Å²) in [4.78, 5) is 26.4. The van der Waals surface area contributed by atoms with Gasteiger partial charge in [-0.1, -0.05) is 5.16 Å². The van der Waals surface area contributed by atoms with Gasteiger partial charge in [0, 0.05) is 30.5 Å². The Labute approximate surface area is 164 Å². The number of non-ortho nitro benzene ring substituents is 1. The minimum atomic E-state index is -0.764. The zero-order chi connectivity index (χ0) is 20.8. The Hall–Kier alpha value is -3.82. The fourth-order valence-electron chi connectivity index (χ4n) is 2.50. The second-order valence-electron chi connectivity index (χ2n) is 5.94. The Morgan fingerprint density at radius 2 is 2.03 bits per heavy atom. The third-order valence-corrected chi connectivity index (χ3v) is 3.89. The molecule has 150 valence electrons. The van der Waals surface area contributed by atoms with Crippen LogP contribution in [0.4, 0.5) is 15.8 Å². The molecule has 3 aromatic rings. The van der Waals surface area contributed by atoms with E-state index >= 15 is 0 Å². The van der Waals surface area contributed by atoms with Gasteiger partial charge < -0.3 is 14.6 Å². The van der Waals surface area contributed by atoms with E-state index in [0.29, 0.717) is 12.4 Å².